The molecule has 10 heavy (non-hydrogen) atoms. The average molecular weight is 138 g/mol. The number of nitrogens with two attached hydrogens (primary N) is 2. The highest BCUT2D eigenvalue weighted by Gasteiger charge is 2.03. The van der Waals surface area contributed by atoms with Gasteiger partial charge in [0.15, 0.2) is 5.82 Å². The molecule has 4 nitrogen and oxygen atoms in total. The van der Waals surface area contributed by atoms with Gasteiger partial charge in [0, 0.05) is 18.1 Å². The van der Waals surface area contributed by atoms with Gasteiger partial charge in [-0.15, -0.1) is 0 Å². The Balaban J connectivity index is 2.88. The lowest BCUT2D eigenvalue weighted by Crippen LogP contribution is -2.26. The lowest BCUT2D eigenvalue weighted by Gasteiger charge is -2.16. The molecule has 0 radical (unpaired) electrons. The largest absolute Gasteiger partial charge is 0.402 e. The van der Waals surface area contributed by atoms with E-state index in [0.29, 0.717) is 5.82 Å². The van der Waals surface area contributed by atoms with Crippen LogP contribution in [0.15, 0.2) is 29.3 Å². The molecule has 0 unspecified atom stereocenters. The lowest BCUT2D eigenvalue weighted by molar-refractivity contribution is 0.481. The Morgan fingerprint density at radius 1 is 1.70 bits per heavy atom. The van der Waals surface area contributed by atoms with Crippen molar-refractivity contribution in [2.45, 2.75) is 6.92 Å². The van der Waals surface area contributed by atoms with Crippen molar-refractivity contribution in [1.82, 2.24) is 5.01 Å². The molecule has 0 aromatic rings. The fourth-order valence-electron chi connectivity index (χ4n) is 0.664. The van der Waals surface area contributed by atoms with Crippen LogP contribution in [0.4, 0.5) is 0 Å². The van der Waals surface area contributed by atoms with Gasteiger partial charge < -0.3 is 5.73 Å². The Bertz CT molecular complexity index is 214. The summed E-state index contributed by atoms with van der Waals surface area (Å²) in [7, 11) is 0. The summed E-state index contributed by atoms with van der Waals surface area (Å²) in [5.41, 5.74) is 6.13. The maximum Gasteiger partial charge on any atom is 0.162 e. The molecule has 0 saturated heterocycles. The van der Waals surface area contributed by atoms with Gasteiger partial charge in [0.1, 0.15) is 0 Å². The van der Waals surface area contributed by atoms with Crippen molar-refractivity contribution in [2.75, 3.05) is 0 Å². The summed E-state index contributed by atoms with van der Waals surface area (Å²) in [6, 6.07) is 0. The summed E-state index contributed by atoms with van der Waals surface area (Å²) in [5, 5.41) is 1.37. The first-order valence-corrected chi connectivity index (χ1v) is 2.93. The minimum absolute atomic E-state index is 0.569. The molecule has 54 valence electrons. The first-order chi connectivity index (χ1) is 4.74. The topological polar surface area (TPSA) is 67.6 Å². The van der Waals surface area contributed by atoms with Gasteiger partial charge >= 0.3 is 0 Å². The minimum Gasteiger partial charge on any atom is -0.402 e. The molecular weight excluding hydrogens is 128 g/mol. The highest BCUT2D eigenvalue weighted by molar-refractivity contribution is 5.94. The molecule has 0 saturated carbocycles. The molecule has 0 aliphatic carbocycles. The summed E-state index contributed by atoms with van der Waals surface area (Å²) in [6.07, 6.45) is 4.89. The van der Waals surface area contributed by atoms with Crippen LogP contribution in [0, 0.1) is 0 Å². The minimum atomic E-state index is 0.569. The number of allylic oxidation sites excluding steroid dienone is 1. The van der Waals surface area contributed by atoms with Gasteiger partial charge in [-0.2, -0.15) is 0 Å². The fourth-order valence-corrected chi connectivity index (χ4v) is 0.664. The van der Waals surface area contributed by atoms with E-state index in [1.807, 2.05) is 13.0 Å². The molecule has 0 atom stereocenters. The molecule has 0 spiro atoms. The van der Waals surface area contributed by atoms with Gasteiger partial charge in [0.2, 0.25) is 0 Å². The average Bonchev–Trinajstić information content (AvgIpc) is 1.94. The first-order valence-electron chi connectivity index (χ1n) is 2.93. The molecule has 1 heterocycles. The quantitative estimate of drug-likeness (QED) is 0.459. The third-order valence-electron chi connectivity index (χ3n) is 1.18. The van der Waals surface area contributed by atoms with E-state index in [0.717, 1.165) is 5.71 Å². The summed E-state index contributed by atoms with van der Waals surface area (Å²) >= 11 is 0. The van der Waals surface area contributed by atoms with Crippen molar-refractivity contribution in [3.63, 3.8) is 0 Å². The maximum atomic E-state index is 5.44. The SMILES string of the molecule is CC1=NC(=CN)N(N)C=C1. The molecule has 0 fully saturated rings. The number of rotatable bonds is 0. The van der Waals surface area contributed by atoms with E-state index in [2.05, 4.69) is 4.99 Å². The summed E-state index contributed by atoms with van der Waals surface area (Å²) < 4.78 is 0. The number of aliphatic imine (C=N–C) groups is 1. The zero-order valence-corrected chi connectivity index (χ0v) is 5.78. The van der Waals surface area contributed by atoms with E-state index in [1.54, 1.807) is 6.20 Å². The molecule has 0 aromatic carbocycles. The summed E-state index contributed by atoms with van der Waals surface area (Å²) in [5.74, 6) is 6.01. The van der Waals surface area contributed by atoms with Crippen LogP contribution in [0.2, 0.25) is 0 Å². The van der Waals surface area contributed by atoms with Crippen molar-refractivity contribution in [1.29, 1.82) is 0 Å². The molecule has 4 N–H and O–H groups in total. The van der Waals surface area contributed by atoms with Gasteiger partial charge in [-0.3, -0.25) is 5.01 Å². The molecular formula is C6H10N4. The van der Waals surface area contributed by atoms with E-state index in [1.165, 1.54) is 11.2 Å². The van der Waals surface area contributed by atoms with Gasteiger partial charge in [0.25, 0.3) is 0 Å². The standard InChI is InChI=1S/C6H10N4/c1-5-2-3-10(8)6(4-7)9-5/h2-4H,7-8H2,1H3. The van der Waals surface area contributed by atoms with Crippen molar-refractivity contribution in [3.05, 3.63) is 24.3 Å². The smallest absolute Gasteiger partial charge is 0.162 e. The third kappa shape index (κ3) is 1.16. The second kappa shape index (κ2) is 2.53. The molecule has 4 heteroatoms. The number of hydrogen-bond donors (Lipinski definition) is 2. The number of hydrogen-bond acceptors (Lipinski definition) is 4. The molecule has 1 rings (SSSR count). The molecule has 0 aromatic heterocycles. The monoisotopic (exact) mass is 138 g/mol. The van der Waals surface area contributed by atoms with Crippen LogP contribution in [0.5, 0.6) is 0 Å². The maximum absolute atomic E-state index is 5.44. The van der Waals surface area contributed by atoms with Crippen molar-refractivity contribution in [3.8, 4) is 0 Å². The van der Waals surface area contributed by atoms with E-state index in [-0.39, 0.29) is 0 Å². The molecule has 1 aliphatic rings. The number of nitrogens with zero attached hydrogens (tertiary/aromatic N) is 2. The zero-order valence-electron chi connectivity index (χ0n) is 5.78. The van der Waals surface area contributed by atoms with Crippen LogP contribution in [-0.4, -0.2) is 10.7 Å². The van der Waals surface area contributed by atoms with Gasteiger partial charge in [-0.05, 0) is 13.0 Å². The van der Waals surface area contributed by atoms with Crippen LogP contribution >= 0.6 is 0 Å². The summed E-state index contributed by atoms with van der Waals surface area (Å²) in [6.45, 7) is 1.88. The highest BCUT2D eigenvalue weighted by Crippen LogP contribution is 2.05. The van der Waals surface area contributed by atoms with E-state index in [4.69, 9.17) is 11.6 Å². The predicted molar refractivity (Wildman–Crippen MR) is 40.5 cm³/mol. The second-order valence-electron chi connectivity index (χ2n) is 2.00. The van der Waals surface area contributed by atoms with E-state index in [9.17, 15) is 0 Å². The molecule has 1 aliphatic heterocycles. The molecule has 0 bridgehead atoms. The first kappa shape index (κ1) is 6.82. The normalized spacial score (nSPS) is 21.6. The number of hydrazine groups is 1. The Kier molecular flexibility index (Phi) is 1.73. The zero-order chi connectivity index (χ0) is 7.56. The molecule has 0 amide bonds. The van der Waals surface area contributed by atoms with E-state index >= 15 is 0 Å². The van der Waals surface area contributed by atoms with Crippen molar-refractivity contribution >= 4 is 5.71 Å². The third-order valence-corrected chi connectivity index (χ3v) is 1.18. The Hall–Kier alpha value is -1.29. The van der Waals surface area contributed by atoms with Crippen molar-refractivity contribution in [2.24, 2.45) is 16.6 Å². The Morgan fingerprint density at radius 2 is 2.40 bits per heavy atom. The van der Waals surface area contributed by atoms with Crippen LogP contribution in [0.1, 0.15) is 6.92 Å². The lowest BCUT2D eigenvalue weighted by atomic mass is 10.4. The van der Waals surface area contributed by atoms with Crippen molar-refractivity contribution < 1.29 is 0 Å². The Labute approximate surface area is 59.5 Å². The highest BCUT2D eigenvalue weighted by atomic mass is 15.4. The second-order valence-corrected chi connectivity index (χ2v) is 2.00. The predicted octanol–water partition coefficient (Wildman–Crippen LogP) is -0.0921. The van der Waals surface area contributed by atoms with Gasteiger partial charge in [-0.1, -0.05) is 0 Å². The fraction of sp³-hybridized carbons (Fsp3) is 0.167. The van der Waals surface area contributed by atoms with Crippen LogP contribution < -0.4 is 11.6 Å². The van der Waals surface area contributed by atoms with Crippen LogP contribution in [0.25, 0.3) is 0 Å². The van der Waals surface area contributed by atoms with Gasteiger partial charge in [-0.25, -0.2) is 10.8 Å². The van der Waals surface area contributed by atoms with E-state index < -0.39 is 0 Å². The Morgan fingerprint density at radius 3 is 2.90 bits per heavy atom. The van der Waals surface area contributed by atoms with Gasteiger partial charge in [0.05, 0.1) is 0 Å². The van der Waals surface area contributed by atoms with Crippen LogP contribution in [-0.2, 0) is 0 Å². The summed E-state index contributed by atoms with van der Waals surface area (Å²) in [4.78, 5) is 4.05. The van der Waals surface area contributed by atoms with Crippen LogP contribution in [0.3, 0.4) is 0 Å².